The highest BCUT2D eigenvalue weighted by molar-refractivity contribution is 5.42. The van der Waals surface area contributed by atoms with Gasteiger partial charge >= 0.3 is 0 Å². The van der Waals surface area contributed by atoms with Gasteiger partial charge in [-0.1, -0.05) is 0 Å². The van der Waals surface area contributed by atoms with Crippen LogP contribution in [-0.4, -0.2) is 43.7 Å². The van der Waals surface area contributed by atoms with Crippen LogP contribution in [-0.2, 0) is 0 Å². The zero-order chi connectivity index (χ0) is 13.5. The number of methoxy groups -OCH3 is 2. The molecule has 0 amide bonds. The second kappa shape index (κ2) is 7.20. The minimum atomic E-state index is -0.760. The number of hydrogen-bond acceptors (Lipinski definition) is 5. The molecule has 0 spiro atoms. The van der Waals surface area contributed by atoms with E-state index in [4.69, 9.17) is 14.6 Å². The highest BCUT2D eigenvalue weighted by Crippen LogP contribution is 2.29. The van der Waals surface area contributed by atoms with Crippen LogP contribution in [0.5, 0.6) is 11.5 Å². The minimum absolute atomic E-state index is 0.0174. The van der Waals surface area contributed by atoms with Crippen LogP contribution in [0, 0.1) is 0 Å². The Morgan fingerprint density at radius 1 is 1.28 bits per heavy atom. The molecular weight excluding hydrogens is 234 g/mol. The molecule has 5 heteroatoms. The molecule has 0 bridgehead atoms. The first-order valence-corrected chi connectivity index (χ1v) is 5.86. The first kappa shape index (κ1) is 14.8. The molecule has 0 saturated heterocycles. The number of benzene rings is 1. The molecule has 0 fully saturated rings. The average molecular weight is 255 g/mol. The molecule has 2 atom stereocenters. The Morgan fingerprint density at radius 3 is 2.56 bits per heavy atom. The summed E-state index contributed by atoms with van der Waals surface area (Å²) in [6.45, 7) is 2.02. The van der Waals surface area contributed by atoms with E-state index >= 15 is 0 Å². The fraction of sp³-hybridized carbons (Fsp3) is 0.538. The second-order valence-electron chi connectivity index (χ2n) is 4.07. The van der Waals surface area contributed by atoms with Crippen molar-refractivity contribution in [3.8, 4) is 11.5 Å². The zero-order valence-corrected chi connectivity index (χ0v) is 11.0. The van der Waals surface area contributed by atoms with E-state index in [0.717, 1.165) is 17.1 Å². The summed E-state index contributed by atoms with van der Waals surface area (Å²) in [5, 5.41) is 21.2. The van der Waals surface area contributed by atoms with Crippen LogP contribution in [0.15, 0.2) is 18.2 Å². The van der Waals surface area contributed by atoms with Crippen molar-refractivity contribution in [2.75, 3.05) is 27.4 Å². The fourth-order valence-electron chi connectivity index (χ4n) is 1.67. The summed E-state index contributed by atoms with van der Waals surface area (Å²) < 4.78 is 10.5. The lowest BCUT2D eigenvalue weighted by Gasteiger charge is -2.19. The zero-order valence-electron chi connectivity index (χ0n) is 11.0. The third-order valence-corrected chi connectivity index (χ3v) is 2.77. The summed E-state index contributed by atoms with van der Waals surface area (Å²) in [6.07, 6.45) is -0.760. The predicted octanol–water partition coefficient (Wildman–Crippen LogP) is 0.708. The molecule has 2 unspecified atom stereocenters. The maximum Gasteiger partial charge on any atom is 0.123 e. The summed E-state index contributed by atoms with van der Waals surface area (Å²) in [5.74, 6) is 1.51. The number of nitrogens with one attached hydrogen (secondary N) is 1. The van der Waals surface area contributed by atoms with E-state index in [0.29, 0.717) is 6.54 Å². The van der Waals surface area contributed by atoms with Gasteiger partial charge in [0.25, 0.3) is 0 Å². The number of aliphatic hydroxyl groups is 2. The van der Waals surface area contributed by atoms with E-state index in [1.54, 1.807) is 14.2 Å². The molecule has 18 heavy (non-hydrogen) atoms. The second-order valence-corrected chi connectivity index (χ2v) is 4.07. The first-order valence-electron chi connectivity index (χ1n) is 5.86. The molecule has 0 radical (unpaired) electrons. The van der Waals surface area contributed by atoms with Crippen molar-refractivity contribution >= 4 is 0 Å². The Kier molecular flexibility index (Phi) is 5.91. The van der Waals surface area contributed by atoms with Gasteiger partial charge in [-0.25, -0.2) is 0 Å². The molecule has 3 N–H and O–H groups in total. The highest BCUT2D eigenvalue weighted by Gasteiger charge is 2.13. The highest BCUT2D eigenvalue weighted by atomic mass is 16.5. The van der Waals surface area contributed by atoms with E-state index in [9.17, 15) is 5.11 Å². The Balaban J connectivity index is 2.78. The fourth-order valence-corrected chi connectivity index (χ4v) is 1.67. The Hall–Kier alpha value is -1.30. The van der Waals surface area contributed by atoms with Crippen LogP contribution in [0.4, 0.5) is 0 Å². The summed E-state index contributed by atoms with van der Waals surface area (Å²) in [7, 11) is 3.22. The summed E-state index contributed by atoms with van der Waals surface area (Å²) in [5.41, 5.74) is 0.946. The maximum absolute atomic E-state index is 9.31. The molecule has 0 aliphatic rings. The lowest BCUT2D eigenvalue weighted by Crippen LogP contribution is -2.31. The van der Waals surface area contributed by atoms with Crippen LogP contribution in [0.1, 0.15) is 18.5 Å². The number of aliphatic hydroxyl groups excluding tert-OH is 2. The van der Waals surface area contributed by atoms with Crippen molar-refractivity contribution in [2.45, 2.75) is 19.1 Å². The van der Waals surface area contributed by atoms with Crippen molar-refractivity contribution in [3.05, 3.63) is 23.8 Å². The number of ether oxygens (including phenoxy) is 2. The van der Waals surface area contributed by atoms with E-state index in [2.05, 4.69) is 5.32 Å². The molecule has 0 saturated carbocycles. The van der Waals surface area contributed by atoms with Crippen molar-refractivity contribution < 1.29 is 19.7 Å². The third-order valence-electron chi connectivity index (χ3n) is 2.77. The molecular formula is C13H21NO4. The average Bonchev–Trinajstić information content (AvgIpc) is 2.43. The molecule has 0 aromatic heterocycles. The van der Waals surface area contributed by atoms with Gasteiger partial charge in [-0.15, -0.1) is 0 Å². The molecule has 102 valence electrons. The standard InChI is InChI=1S/C13H21NO4/c1-9(14-7-10(16)8-15)12-6-11(17-2)4-5-13(12)18-3/h4-6,9-10,14-16H,7-8H2,1-3H3. The van der Waals surface area contributed by atoms with Gasteiger partial charge < -0.3 is 25.0 Å². The lowest BCUT2D eigenvalue weighted by atomic mass is 10.1. The normalized spacial score (nSPS) is 14.1. The van der Waals surface area contributed by atoms with Crippen LogP contribution < -0.4 is 14.8 Å². The van der Waals surface area contributed by atoms with Gasteiger partial charge in [0.05, 0.1) is 26.9 Å². The van der Waals surface area contributed by atoms with Gasteiger partial charge in [-0.2, -0.15) is 0 Å². The van der Waals surface area contributed by atoms with Crippen LogP contribution in [0.25, 0.3) is 0 Å². The Bertz CT molecular complexity index is 370. The topological polar surface area (TPSA) is 71.0 Å². The molecule has 1 aromatic carbocycles. The van der Waals surface area contributed by atoms with Crippen LogP contribution in [0.3, 0.4) is 0 Å². The monoisotopic (exact) mass is 255 g/mol. The van der Waals surface area contributed by atoms with Crippen LogP contribution in [0.2, 0.25) is 0 Å². The van der Waals surface area contributed by atoms with Gasteiger partial charge in [0, 0.05) is 18.2 Å². The molecule has 5 nitrogen and oxygen atoms in total. The summed E-state index contributed by atoms with van der Waals surface area (Å²) in [6, 6.07) is 5.55. The van der Waals surface area contributed by atoms with Crippen molar-refractivity contribution in [3.63, 3.8) is 0 Å². The van der Waals surface area contributed by atoms with Gasteiger partial charge in [-0.3, -0.25) is 0 Å². The first-order chi connectivity index (χ1) is 8.62. The van der Waals surface area contributed by atoms with Gasteiger partial charge in [0.1, 0.15) is 11.5 Å². The molecule has 0 aliphatic heterocycles. The van der Waals surface area contributed by atoms with Crippen molar-refractivity contribution in [1.29, 1.82) is 0 Å². The maximum atomic E-state index is 9.31. The summed E-state index contributed by atoms with van der Waals surface area (Å²) >= 11 is 0. The van der Waals surface area contributed by atoms with Gasteiger partial charge in [0.15, 0.2) is 0 Å². The minimum Gasteiger partial charge on any atom is -0.497 e. The van der Waals surface area contributed by atoms with E-state index < -0.39 is 6.10 Å². The Morgan fingerprint density at radius 2 is 2.00 bits per heavy atom. The van der Waals surface area contributed by atoms with Gasteiger partial charge in [0.2, 0.25) is 0 Å². The SMILES string of the molecule is COc1ccc(OC)c(C(C)NCC(O)CO)c1. The largest absolute Gasteiger partial charge is 0.497 e. The number of rotatable bonds is 7. The quantitative estimate of drug-likeness (QED) is 0.669. The van der Waals surface area contributed by atoms with Gasteiger partial charge in [-0.05, 0) is 25.1 Å². The molecule has 1 rings (SSSR count). The van der Waals surface area contributed by atoms with E-state index in [-0.39, 0.29) is 12.6 Å². The molecule has 0 heterocycles. The van der Waals surface area contributed by atoms with Crippen molar-refractivity contribution in [1.82, 2.24) is 5.32 Å². The summed E-state index contributed by atoms with van der Waals surface area (Å²) in [4.78, 5) is 0. The van der Waals surface area contributed by atoms with E-state index in [1.807, 2.05) is 25.1 Å². The van der Waals surface area contributed by atoms with Crippen LogP contribution >= 0.6 is 0 Å². The van der Waals surface area contributed by atoms with Crippen molar-refractivity contribution in [2.24, 2.45) is 0 Å². The molecule has 0 aliphatic carbocycles. The van der Waals surface area contributed by atoms with E-state index in [1.165, 1.54) is 0 Å². The number of hydrogen-bond donors (Lipinski definition) is 3. The molecule has 1 aromatic rings. The smallest absolute Gasteiger partial charge is 0.123 e. The third kappa shape index (κ3) is 3.87. The predicted molar refractivity (Wildman–Crippen MR) is 69.1 cm³/mol. The Labute approximate surface area is 107 Å². The lowest BCUT2D eigenvalue weighted by molar-refractivity contribution is 0.0923.